The molecule has 3 heteroatoms. The smallest absolute Gasteiger partial charge is 0.0718 e. The number of ether oxygens (including phenoxy) is 2. The molecule has 0 bridgehead atoms. The van der Waals surface area contributed by atoms with Crippen LogP contribution in [0.4, 0.5) is 0 Å². The van der Waals surface area contributed by atoms with Crippen LogP contribution in [0, 0.1) is 11.3 Å². The number of allylic oxidation sites excluding steroid dienone is 1. The SMILES string of the molecule is C=C(C)[C@@H]1CC[C@](C)(CO)C[C@H]1c1ccc(COCCOC)cc1. The van der Waals surface area contributed by atoms with Gasteiger partial charge in [0.15, 0.2) is 0 Å². The lowest BCUT2D eigenvalue weighted by molar-refractivity contribution is 0.0616. The predicted molar refractivity (Wildman–Crippen MR) is 98.1 cm³/mol. The fourth-order valence-electron chi connectivity index (χ4n) is 3.76. The van der Waals surface area contributed by atoms with Crippen LogP contribution >= 0.6 is 0 Å². The molecule has 0 heterocycles. The largest absolute Gasteiger partial charge is 0.396 e. The summed E-state index contributed by atoms with van der Waals surface area (Å²) in [6, 6.07) is 8.75. The van der Waals surface area contributed by atoms with Crippen LogP contribution in [0.3, 0.4) is 0 Å². The van der Waals surface area contributed by atoms with Crippen molar-refractivity contribution in [3.8, 4) is 0 Å². The van der Waals surface area contributed by atoms with Crippen LogP contribution in [-0.4, -0.2) is 32.0 Å². The maximum Gasteiger partial charge on any atom is 0.0718 e. The van der Waals surface area contributed by atoms with Crippen molar-refractivity contribution in [1.29, 1.82) is 0 Å². The molecule has 3 nitrogen and oxygen atoms in total. The number of aliphatic hydroxyl groups is 1. The van der Waals surface area contributed by atoms with Crippen LogP contribution in [-0.2, 0) is 16.1 Å². The van der Waals surface area contributed by atoms with E-state index in [0.29, 0.717) is 31.7 Å². The number of aliphatic hydroxyl groups excluding tert-OH is 1. The maximum absolute atomic E-state index is 9.78. The van der Waals surface area contributed by atoms with Crippen LogP contribution < -0.4 is 0 Å². The highest BCUT2D eigenvalue weighted by Crippen LogP contribution is 2.48. The lowest BCUT2D eigenvalue weighted by Gasteiger charge is -2.42. The van der Waals surface area contributed by atoms with Crippen LogP contribution in [0.15, 0.2) is 36.4 Å². The second kappa shape index (κ2) is 8.80. The standard InChI is InChI=1S/C21H32O3/c1-16(2)19-9-10-21(3,15-22)13-20(19)18-7-5-17(6-8-18)14-24-12-11-23-4/h5-8,19-20,22H,1,9-15H2,2-4H3/t19-,20-,21-/m0/s1. The summed E-state index contributed by atoms with van der Waals surface area (Å²) in [5, 5.41) is 9.78. The summed E-state index contributed by atoms with van der Waals surface area (Å²) in [6.07, 6.45) is 3.20. The molecule has 0 unspecified atom stereocenters. The van der Waals surface area contributed by atoms with Crippen LogP contribution in [0.5, 0.6) is 0 Å². The number of benzene rings is 1. The van der Waals surface area contributed by atoms with Crippen LogP contribution in [0.2, 0.25) is 0 Å². The highest BCUT2D eigenvalue weighted by atomic mass is 16.5. The quantitative estimate of drug-likeness (QED) is 0.569. The van der Waals surface area contributed by atoms with Gasteiger partial charge in [-0.25, -0.2) is 0 Å². The Morgan fingerprint density at radius 1 is 1.29 bits per heavy atom. The molecule has 1 saturated carbocycles. The van der Waals surface area contributed by atoms with Crippen molar-refractivity contribution >= 4 is 0 Å². The van der Waals surface area contributed by atoms with Crippen molar-refractivity contribution < 1.29 is 14.6 Å². The van der Waals surface area contributed by atoms with E-state index in [2.05, 4.69) is 44.7 Å². The molecular weight excluding hydrogens is 300 g/mol. The normalized spacial score (nSPS) is 27.2. The van der Waals surface area contributed by atoms with E-state index in [4.69, 9.17) is 9.47 Å². The Morgan fingerprint density at radius 2 is 2.00 bits per heavy atom. The van der Waals surface area contributed by atoms with Gasteiger partial charge in [-0.3, -0.25) is 0 Å². The van der Waals surface area contributed by atoms with Crippen molar-refractivity contribution in [3.05, 3.63) is 47.5 Å². The monoisotopic (exact) mass is 332 g/mol. The van der Waals surface area contributed by atoms with Crippen LogP contribution in [0.25, 0.3) is 0 Å². The minimum Gasteiger partial charge on any atom is -0.396 e. The Balaban J connectivity index is 2.07. The fourth-order valence-corrected chi connectivity index (χ4v) is 3.76. The molecule has 1 aliphatic carbocycles. The summed E-state index contributed by atoms with van der Waals surface area (Å²) in [6.45, 7) is 10.7. The van der Waals surface area contributed by atoms with Gasteiger partial charge in [0.05, 0.1) is 19.8 Å². The second-order valence-electron chi connectivity index (χ2n) is 7.56. The van der Waals surface area contributed by atoms with Gasteiger partial charge in [0.1, 0.15) is 0 Å². The maximum atomic E-state index is 9.78. The number of hydrogen-bond donors (Lipinski definition) is 1. The molecule has 1 N–H and O–H groups in total. The summed E-state index contributed by atoms with van der Waals surface area (Å²) in [7, 11) is 1.68. The summed E-state index contributed by atoms with van der Waals surface area (Å²) in [5.74, 6) is 0.949. The first kappa shape index (κ1) is 19.2. The van der Waals surface area contributed by atoms with E-state index in [-0.39, 0.29) is 12.0 Å². The zero-order chi connectivity index (χ0) is 17.6. The van der Waals surface area contributed by atoms with Crippen molar-refractivity contribution in [1.82, 2.24) is 0 Å². The van der Waals surface area contributed by atoms with E-state index < -0.39 is 0 Å². The average Bonchev–Trinajstić information content (AvgIpc) is 2.59. The minimum absolute atomic E-state index is 0.0263. The average molecular weight is 332 g/mol. The third-order valence-corrected chi connectivity index (χ3v) is 5.38. The third kappa shape index (κ3) is 4.92. The number of rotatable bonds is 8. The number of hydrogen-bond acceptors (Lipinski definition) is 3. The first-order valence-electron chi connectivity index (χ1n) is 8.91. The van der Waals surface area contributed by atoms with Crippen molar-refractivity contribution in [2.24, 2.45) is 11.3 Å². The van der Waals surface area contributed by atoms with Gasteiger partial charge in [0.25, 0.3) is 0 Å². The molecule has 0 aromatic heterocycles. The highest BCUT2D eigenvalue weighted by Gasteiger charge is 2.38. The van der Waals surface area contributed by atoms with E-state index in [9.17, 15) is 5.11 Å². The van der Waals surface area contributed by atoms with Gasteiger partial charge in [-0.1, -0.05) is 43.3 Å². The molecule has 0 saturated heterocycles. The minimum atomic E-state index is 0.0263. The van der Waals surface area contributed by atoms with Gasteiger partial charge in [-0.05, 0) is 54.6 Å². The predicted octanol–water partition coefficient (Wildman–Crippen LogP) is 4.31. The van der Waals surface area contributed by atoms with Crippen molar-refractivity contribution in [3.63, 3.8) is 0 Å². The molecule has 0 radical (unpaired) electrons. The molecule has 1 fully saturated rings. The first-order chi connectivity index (χ1) is 11.5. The van der Waals surface area contributed by atoms with E-state index >= 15 is 0 Å². The molecule has 0 amide bonds. The molecule has 1 aromatic carbocycles. The van der Waals surface area contributed by atoms with Gasteiger partial charge >= 0.3 is 0 Å². The third-order valence-electron chi connectivity index (χ3n) is 5.38. The molecule has 1 aromatic rings. The molecule has 2 rings (SSSR count). The summed E-state index contributed by atoms with van der Waals surface area (Å²) in [5.41, 5.74) is 3.82. The van der Waals surface area contributed by atoms with E-state index in [1.165, 1.54) is 16.7 Å². The zero-order valence-corrected chi connectivity index (χ0v) is 15.4. The summed E-state index contributed by atoms with van der Waals surface area (Å²) >= 11 is 0. The fraction of sp³-hybridized carbons (Fsp3) is 0.619. The molecule has 3 atom stereocenters. The highest BCUT2D eigenvalue weighted by molar-refractivity contribution is 5.28. The van der Waals surface area contributed by atoms with Gasteiger partial charge in [0.2, 0.25) is 0 Å². The topological polar surface area (TPSA) is 38.7 Å². The van der Waals surface area contributed by atoms with Crippen molar-refractivity contribution in [2.45, 2.75) is 45.6 Å². The van der Waals surface area contributed by atoms with Crippen molar-refractivity contribution in [2.75, 3.05) is 26.9 Å². The van der Waals surface area contributed by atoms with E-state index in [1.54, 1.807) is 7.11 Å². The molecular formula is C21H32O3. The van der Waals surface area contributed by atoms with Gasteiger partial charge in [0, 0.05) is 13.7 Å². The molecule has 24 heavy (non-hydrogen) atoms. The Bertz CT molecular complexity index is 522. The molecule has 134 valence electrons. The summed E-state index contributed by atoms with van der Waals surface area (Å²) in [4.78, 5) is 0. The van der Waals surface area contributed by atoms with Gasteiger partial charge in [-0.2, -0.15) is 0 Å². The van der Waals surface area contributed by atoms with Gasteiger partial charge < -0.3 is 14.6 Å². The van der Waals surface area contributed by atoms with E-state index in [0.717, 1.165) is 19.3 Å². The summed E-state index contributed by atoms with van der Waals surface area (Å²) < 4.78 is 10.6. The molecule has 0 aliphatic heterocycles. The number of methoxy groups -OCH3 is 1. The van der Waals surface area contributed by atoms with E-state index in [1.807, 2.05) is 0 Å². The Kier molecular flexibility index (Phi) is 7.02. The second-order valence-corrected chi connectivity index (χ2v) is 7.56. The zero-order valence-electron chi connectivity index (χ0n) is 15.4. The lowest BCUT2D eigenvalue weighted by Crippen LogP contribution is -2.33. The van der Waals surface area contributed by atoms with Gasteiger partial charge in [-0.15, -0.1) is 0 Å². The Labute approximate surface area is 146 Å². The molecule has 0 spiro atoms. The molecule has 1 aliphatic rings. The Hall–Kier alpha value is -1.16. The Morgan fingerprint density at radius 3 is 2.58 bits per heavy atom. The lowest BCUT2D eigenvalue weighted by atomic mass is 9.63. The van der Waals surface area contributed by atoms with Crippen LogP contribution in [0.1, 0.15) is 50.2 Å². The first-order valence-corrected chi connectivity index (χ1v) is 8.91.